The van der Waals surface area contributed by atoms with Crippen molar-refractivity contribution in [1.29, 1.82) is 0 Å². The minimum Gasteiger partial charge on any atom is -0.474 e. The van der Waals surface area contributed by atoms with Crippen molar-refractivity contribution >= 4 is 16.8 Å². The lowest BCUT2D eigenvalue weighted by atomic mass is 10.1. The highest BCUT2D eigenvalue weighted by atomic mass is 16.5. The third kappa shape index (κ3) is 2.75. The van der Waals surface area contributed by atoms with Gasteiger partial charge in [0.25, 0.3) is 5.91 Å². The van der Waals surface area contributed by atoms with E-state index in [1.807, 2.05) is 28.8 Å². The number of fused-ring (bicyclic) bond motifs is 1. The van der Waals surface area contributed by atoms with Gasteiger partial charge in [0, 0.05) is 32.5 Å². The number of morpholine rings is 1. The molecule has 2 aromatic rings. The van der Waals surface area contributed by atoms with Gasteiger partial charge in [-0.3, -0.25) is 4.79 Å². The molecular weight excluding hydrogens is 306 g/mol. The molecule has 0 unspecified atom stereocenters. The Morgan fingerprint density at radius 3 is 2.79 bits per heavy atom. The third-order valence-electron chi connectivity index (χ3n) is 4.98. The zero-order chi connectivity index (χ0) is 16.5. The highest BCUT2D eigenvalue weighted by Gasteiger charge is 2.25. The van der Waals surface area contributed by atoms with E-state index in [1.54, 1.807) is 6.20 Å². The Morgan fingerprint density at radius 1 is 1.29 bits per heavy atom. The van der Waals surface area contributed by atoms with E-state index in [4.69, 9.17) is 9.47 Å². The smallest absolute Gasteiger partial charge is 0.257 e. The topological polar surface area (TPSA) is 56.6 Å². The van der Waals surface area contributed by atoms with Crippen molar-refractivity contribution in [2.24, 2.45) is 7.05 Å². The predicted octanol–water partition coefficient (Wildman–Crippen LogP) is 2.37. The number of aryl methyl sites for hydroxylation is 1. The first-order chi connectivity index (χ1) is 11.7. The number of aromatic nitrogens is 2. The number of nitrogens with zero attached hydrogens (tertiary/aromatic N) is 3. The van der Waals surface area contributed by atoms with Gasteiger partial charge in [-0.1, -0.05) is 0 Å². The molecule has 6 heteroatoms. The third-order valence-corrected chi connectivity index (χ3v) is 4.98. The predicted molar refractivity (Wildman–Crippen MR) is 90.3 cm³/mol. The number of hydrogen-bond acceptors (Lipinski definition) is 4. The molecular formula is C18H23N3O3. The van der Waals surface area contributed by atoms with Crippen LogP contribution >= 0.6 is 0 Å². The molecule has 6 nitrogen and oxygen atoms in total. The monoisotopic (exact) mass is 329 g/mol. The van der Waals surface area contributed by atoms with Crippen LogP contribution in [0.3, 0.4) is 0 Å². The summed E-state index contributed by atoms with van der Waals surface area (Å²) in [5.74, 6) is 0.668. The van der Waals surface area contributed by atoms with E-state index in [0.717, 1.165) is 23.7 Å². The molecule has 0 spiro atoms. The van der Waals surface area contributed by atoms with Gasteiger partial charge >= 0.3 is 0 Å². The molecule has 1 amide bonds. The summed E-state index contributed by atoms with van der Waals surface area (Å²) < 4.78 is 13.4. The van der Waals surface area contributed by atoms with Crippen LogP contribution in [0.5, 0.6) is 5.88 Å². The van der Waals surface area contributed by atoms with Gasteiger partial charge in [0.05, 0.1) is 29.7 Å². The summed E-state index contributed by atoms with van der Waals surface area (Å²) in [7, 11) is 1.96. The van der Waals surface area contributed by atoms with Crippen LogP contribution in [0.15, 0.2) is 18.5 Å². The number of pyridine rings is 1. The average Bonchev–Trinajstić information content (AvgIpc) is 3.26. The first-order valence-electron chi connectivity index (χ1n) is 8.72. The van der Waals surface area contributed by atoms with Crippen molar-refractivity contribution < 1.29 is 14.3 Å². The average molecular weight is 329 g/mol. The normalized spacial score (nSPS) is 19.1. The summed E-state index contributed by atoms with van der Waals surface area (Å²) in [5.41, 5.74) is 1.53. The molecule has 2 fully saturated rings. The molecule has 0 atom stereocenters. The molecule has 4 rings (SSSR count). The van der Waals surface area contributed by atoms with Gasteiger partial charge in [0.1, 0.15) is 6.10 Å². The molecule has 0 N–H and O–H groups in total. The van der Waals surface area contributed by atoms with Gasteiger partial charge in [-0.05, 0) is 31.7 Å². The van der Waals surface area contributed by atoms with Crippen molar-refractivity contribution in [2.45, 2.75) is 31.8 Å². The van der Waals surface area contributed by atoms with Gasteiger partial charge in [0.15, 0.2) is 0 Å². The van der Waals surface area contributed by atoms with Gasteiger partial charge < -0.3 is 18.9 Å². The van der Waals surface area contributed by atoms with Gasteiger partial charge in [-0.25, -0.2) is 4.98 Å². The lowest BCUT2D eigenvalue weighted by Gasteiger charge is -2.27. The van der Waals surface area contributed by atoms with E-state index < -0.39 is 0 Å². The largest absolute Gasteiger partial charge is 0.474 e. The number of hydrogen-bond donors (Lipinski definition) is 0. The van der Waals surface area contributed by atoms with E-state index in [2.05, 4.69) is 4.98 Å². The van der Waals surface area contributed by atoms with E-state index in [0.29, 0.717) is 37.7 Å². The summed E-state index contributed by atoms with van der Waals surface area (Å²) in [6.07, 6.45) is 8.50. The number of ether oxygens (including phenoxy) is 2. The van der Waals surface area contributed by atoms with Crippen molar-refractivity contribution in [1.82, 2.24) is 14.5 Å². The van der Waals surface area contributed by atoms with Crippen LogP contribution in [-0.2, 0) is 11.8 Å². The van der Waals surface area contributed by atoms with Crippen molar-refractivity contribution in [3.8, 4) is 5.88 Å². The number of carbonyl (C=O) groups excluding carboxylic acids is 1. The summed E-state index contributed by atoms with van der Waals surface area (Å²) >= 11 is 0. The molecule has 1 saturated heterocycles. The molecule has 128 valence electrons. The Morgan fingerprint density at radius 2 is 2.04 bits per heavy atom. The number of amides is 1. The summed E-state index contributed by atoms with van der Waals surface area (Å²) in [6, 6.07) is 1.99. The fraction of sp³-hybridized carbons (Fsp3) is 0.556. The standard InChI is InChI=1S/C18H23N3O3/c1-20-7-6-14-16(20)15(18(22)21-8-10-23-11-9-21)12-19-17(14)24-13-4-2-3-5-13/h6-7,12-13H,2-5,8-11H2,1H3. The fourth-order valence-electron chi connectivity index (χ4n) is 3.64. The molecule has 1 aliphatic heterocycles. The summed E-state index contributed by atoms with van der Waals surface area (Å²) in [6.45, 7) is 2.45. The summed E-state index contributed by atoms with van der Waals surface area (Å²) in [4.78, 5) is 19.2. The second kappa shape index (κ2) is 6.43. The van der Waals surface area contributed by atoms with Gasteiger partial charge in [0.2, 0.25) is 5.88 Å². The van der Waals surface area contributed by atoms with Crippen molar-refractivity contribution in [2.75, 3.05) is 26.3 Å². The Kier molecular flexibility index (Phi) is 4.14. The molecule has 3 heterocycles. The van der Waals surface area contributed by atoms with Crippen LogP contribution < -0.4 is 4.74 Å². The van der Waals surface area contributed by atoms with Crippen LogP contribution in [0.1, 0.15) is 36.0 Å². The minimum atomic E-state index is 0.0185. The Bertz CT molecular complexity index is 743. The van der Waals surface area contributed by atoms with E-state index in [-0.39, 0.29) is 12.0 Å². The molecule has 2 aliphatic rings. The number of carbonyl (C=O) groups is 1. The lowest BCUT2D eigenvalue weighted by Crippen LogP contribution is -2.40. The Labute approximate surface area is 141 Å². The van der Waals surface area contributed by atoms with E-state index in [1.165, 1.54) is 12.8 Å². The summed E-state index contributed by atoms with van der Waals surface area (Å²) in [5, 5.41) is 0.920. The van der Waals surface area contributed by atoms with Crippen molar-refractivity contribution in [3.05, 3.63) is 24.0 Å². The maximum Gasteiger partial charge on any atom is 0.257 e. The highest BCUT2D eigenvalue weighted by Crippen LogP contribution is 2.31. The lowest BCUT2D eigenvalue weighted by molar-refractivity contribution is 0.0303. The van der Waals surface area contributed by atoms with E-state index >= 15 is 0 Å². The van der Waals surface area contributed by atoms with Gasteiger partial charge in [-0.2, -0.15) is 0 Å². The fourth-order valence-corrected chi connectivity index (χ4v) is 3.64. The van der Waals surface area contributed by atoms with Crippen LogP contribution in [0.4, 0.5) is 0 Å². The molecule has 0 radical (unpaired) electrons. The SMILES string of the molecule is Cn1ccc2c(OC3CCCC3)ncc(C(=O)N3CCOCC3)c21. The van der Waals surface area contributed by atoms with Crippen LogP contribution in [0.2, 0.25) is 0 Å². The minimum absolute atomic E-state index is 0.0185. The second-order valence-corrected chi connectivity index (χ2v) is 6.59. The Balaban J connectivity index is 1.69. The second-order valence-electron chi connectivity index (χ2n) is 6.59. The maximum atomic E-state index is 12.9. The van der Waals surface area contributed by atoms with Crippen LogP contribution in [-0.4, -0.2) is 52.8 Å². The molecule has 2 aromatic heterocycles. The van der Waals surface area contributed by atoms with Crippen LogP contribution in [0.25, 0.3) is 10.9 Å². The Hall–Kier alpha value is -2.08. The first kappa shape index (κ1) is 15.4. The van der Waals surface area contributed by atoms with Gasteiger partial charge in [-0.15, -0.1) is 0 Å². The zero-order valence-corrected chi connectivity index (χ0v) is 14.0. The van der Waals surface area contributed by atoms with Crippen LogP contribution in [0, 0.1) is 0 Å². The molecule has 0 bridgehead atoms. The van der Waals surface area contributed by atoms with E-state index in [9.17, 15) is 4.79 Å². The zero-order valence-electron chi connectivity index (χ0n) is 14.0. The molecule has 0 aromatic carbocycles. The molecule has 1 aliphatic carbocycles. The van der Waals surface area contributed by atoms with Crippen molar-refractivity contribution in [3.63, 3.8) is 0 Å². The maximum absolute atomic E-state index is 12.9. The number of rotatable bonds is 3. The first-order valence-corrected chi connectivity index (χ1v) is 8.72. The quantitative estimate of drug-likeness (QED) is 0.867. The molecule has 24 heavy (non-hydrogen) atoms. The highest BCUT2D eigenvalue weighted by molar-refractivity contribution is 6.06. The molecule has 1 saturated carbocycles.